The summed E-state index contributed by atoms with van der Waals surface area (Å²) in [6.45, 7) is -0.124. The number of alkyl carbamates (subject to hydrolysis) is 1. The zero-order valence-corrected chi connectivity index (χ0v) is 9.96. The molecule has 1 amide bonds. The van der Waals surface area contributed by atoms with Crippen LogP contribution in [0.1, 0.15) is 5.56 Å². The minimum atomic E-state index is -1.39. The molecule has 0 fully saturated rings. The van der Waals surface area contributed by atoms with Crippen LogP contribution in [0.5, 0.6) is 0 Å². The fourth-order valence-corrected chi connectivity index (χ4v) is 1.17. The monoisotopic (exact) mass is 253 g/mol. The Morgan fingerprint density at radius 3 is 2.61 bits per heavy atom. The number of hydrogen-bond donors (Lipinski definition) is 2. The second kappa shape index (κ2) is 7.29. The highest BCUT2D eigenvalue weighted by Gasteiger charge is 2.16. The van der Waals surface area contributed by atoms with E-state index in [9.17, 15) is 14.7 Å². The zero-order chi connectivity index (χ0) is 13.4. The molecular weight excluding hydrogens is 238 g/mol. The van der Waals surface area contributed by atoms with Crippen LogP contribution < -0.4 is 5.32 Å². The predicted octanol–water partition coefficient (Wildman–Crippen LogP) is 0.447. The second-order valence-corrected chi connectivity index (χ2v) is 3.48. The van der Waals surface area contributed by atoms with Crippen LogP contribution in [0.4, 0.5) is 4.79 Å². The molecule has 0 saturated heterocycles. The molecule has 0 bridgehead atoms. The molecule has 0 aromatic heterocycles. The van der Waals surface area contributed by atoms with Crippen molar-refractivity contribution in [2.24, 2.45) is 0 Å². The Morgan fingerprint density at radius 2 is 2.00 bits per heavy atom. The van der Waals surface area contributed by atoms with E-state index >= 15 is 0 Å². The van der Waals surface area contributed by atoms with Gasteiger partial charge in [-0.15, -0.1) is 0 Å². The predicted molar refractivity (Wildman–Crippen MR) is 62.7 cm³/mol. The van der Waals surface area contributed by atoms with Crippen molar-refractivity contribution in [3.63, 3.8) is 0 Å². The van der Waals surface area contributed by atoms with Gasteiger partial charge in [0.2, 0.25) is 0 Å². The lowest BCUT2D eigenvalue weighted by molar-refractivity contribution is -0.149. The molecule has 0 heterocycles. The van der Waals surface area contributed by atoms with Crippen molar-refractivity contribution in [3.05, 3.63) is 35.9 Å². The lowest BCUT2D eigenvalue weighted by Crippen LogP contribution is -2.37. The van der Waals surface area contributed by atoms with Gasteiger partial charge in [-0.05, 0) is 5.56 Å². The first-order valence-corrected chi connectivity index (χ1v) is 5.34. The molecule has 0 aliphatic rings. The summed E-state index contributed by atoms with van der Waals surface area (Å²) in [5.74, 6) is -0.807. The Balaban J connectivity index is 2.24. The SMILES string of the molecule is COC(=O)C(O)CNC(=O)OCc1ccccc1. The van der Waals surface area contributed by atoms with Gasteiger partial charge < -0.3 is 19.9 Å². The summed E-state index contributed by atoms with van der Waals surface area (Å²) in [5.41, 5.74) is 0.848. The van der Waals surface area contributed by atoms with Gasteiger partial charge >= 0.3 is 12.1 Å². The quantitative estimate of drug-likeness (QED) is 0.744. The molecule has 0 aliphatic carbocycles. The first-order valence-electron chi connectivity index (χ1n) is 5.34. The topological polar surface area (TPSA) is 84.9 Å². The van der Waals surface area contributed by atoms with Gasteiger partial charge in [0.05, 0.1) is 13.7 Å². The number of carbonyl (C=O) groups excluding carboxylic acids is 2. The molecule has 1 rings (SSSR count). The Bertz CT molecular complexity index is 393. The van der Waals surface area contributed by atoms with Gasteiger partial charge in [-0.1, -0.05) is 30.3 Å². The summed E-state index contributed by atoms with van der Waals surface area (Å²) in [4.78, 5) is 22.1. The maximum Gasteiger partial charge on any atom is 0.407 e. The van der Waals surface area contributed by atoms with Crippen molar-refractivity contribution in [3.8, 4) is 0 Å². The van der Waals surface area contributed by atoms with Crippen LogP contribution in [0.25, 0.3) is 0 Å². The van der Waals surface area contributed by atoms with Crippen LogP contribution in [0, 0.1) is 0 Å². The molecule has 6 heteroatoms. The van der Waals surface area contributed by atoms with E-state index in [1.165, 1.54) is 0 Å². The van der Waals surface area contributed by atoms with Crippen LogP contribution >= 0.6 is 0 Å². The Hall–Kier alpha value is -2.08. The molecule has 1 unspecified atom stereocenters. The maximum atomic E-state index is 11.2. The number of benzene rings is 1. The van der Waals surface area contributed by atoms with E-state index < -0.39 is 18.2 Å². The van der Waals surface area contributed by atoms with Gasteiger partial charge in [0.1, 0.15) is 6.61 Å². The summed E-state index contributed by atoms with van der Waals surface area (Å²) in [6.07, 6.45) is -2.10. The third-order valence-electron chi connectivity index (χ3n) is 2.13. The molecular formula is C12H15NO5. The highest BCUT2D eigenvalue weighted by molar-refractivity contribution is 5.75. The van der Waals surface area contributed by atoms with Crippen molar-refractivity contribution in [2.45, 2.75) is 12.7 Å². The number of hydrogen-bond acceptors (Lipinski definition) is 5. The van der Waals surface area contributed by atoms with Crippen molar-refractivity contribution >= 4 is 12.1 Å². The fourth-order valence-electron chi connectivity index (χ4n) is 1.17. The minimum absolute atomic E-state index is 0.126. The molecule has 0 saturated carbocycles. The van der Waals surface area contributed by atoms with Crippen molar-refractivity contribution in [1.82, 2.24) is 5.32 Å². The van der Waals surface area contributed by atoms with Gasteiger partial charge in [0.15, 0.2) is 6.10 Å². The summed E-state index contributed by atoms with van der Waals surface area (Å²) < 4.78 is 9.17. The van der Waals surface area contributed by atoms with E-state index in [0.29, 0.717) is 0 Å². The Morgan fingerprint density at radius 1 is 1.33 bits per heavy atom. The highest BCUT2D eigenvalue weighted by Crippen LogP contribution is 2.00. The van der Waals surface area contributed by atoms with Crippen LogP contribution in [-0.2, 0) is 20.9 Å². The number of methoxy groups -OCH3 is 1. The third-order valence-corrected chi connectivity index (χ3v) is 2.13. The average molecular weight is 253 g/mol. The lowest BCUT2D eigenvalue weighted by Gasteiger charge is -2.10. The first-order chi connectivity index (χ1) is 8.63. The van der Waals surface area contributed by atoms with Crippen LogP contribution in [0.15, 0.2) is 30.3 Å². The highest BCUT2D eigenvalue weighted by atomic mass is 16.6. The first kappa shape index (κ1) is 14.0. The normalized spacial score (nSPS) is 11.4. The Labute approximate surface area is 105 Å². The molecule has 2 N–H and O–H groups in total. The van der Waals surface area contributed by atoms with E-state index in [1.807, 2.05) is 30.3 Å². The molecule has 0 radical (unpaired) electrons. The number of amides is 1. The molecule has 98 valence electrons. The van der Waals surface area contributed by atoms with Crippen molar-refractivity contribution in [1.29, 1.82) is 0 Å². The van der Waals surface area contributed by atoms with Crippen molar-refractivity contribution < 1.29 is 24.2 Å². The largest absolute Gasteiger partial charge is 0.467 e. The number of aliphatic hydroxyl groups excluding tert-OH is 1. The van der Waals surface area contributed by atoms with Crippen LogP contribution in [0.2, 0.25) is 0 Å². The number of rotatable bonds is 5. The Kier molecular flexibility index (Phi) is 5.66. The van der Waals surface area contributed by atoms with Gasteiger partial charge in [0, 0.05) is 0 Å². The summed E-state index contributed by atoms with van der Waals surface area (Å²) in [5, 5.41) is 11.5. The van der Waals surface area contributed by atoms with Gasteiger partial charge in [0.25, 0.3) is 0 Å². The molecule has 0 aliphatic heterocycles. The molecule has 18 heavy (non-hydrogen) atoms. The summed E-state index contributed by atoms with van der Waals surface area (Å²) in [7, 11) is 1.15. The van der Waals surface area contributed by atoms with E-state index in [4.69, 9.17) is 4.74 Å². The summed E-state index contributed by atoms with van der Waals surface area (Å²) in [6, 6.07) is 9.15. The van der Waals surface area contributed by atoms with Gasteiger partial charge in [-0.3, -0.25) is 0 Å². The standard InChI is InChI=1S/C12H15NO5/c1-17-11(15)10(14)7-13-12(16)18-8-9-5-3-2-4-6-9/h2-6,10,14H,7-8H2,1H3,(H,13,16). The minimum Gasteiger partial charge on any atom is -0.467 e. The van der Waals surface area contributed by atoms with Gasteiger partial charge in [-0.2, -0.15) is 0 Å². The third kappa shape index (κ3) is 4.84. The molecule has 0 spiro atoms. The lowest BCUT2D eigenvalue weighted by atomic mass is 10.2. The zero-order valence-electron chi connectivity index (χ0n) is 9.96. The number of esters is 1. The average Bonchev–Trinajstić information content (AvgIpc) is 2.42. The summed E-state index contributed by atoms with van der Waals surface area (Å²) >= 11 is 0. The number of ether oxygens (including phenoxy) is 2. The maximum absolute atomic E-state index is 11.2. The molecule has 1 aromatic carbocycles. The molecule has 6 nitrogen and oxygen atoms in total. The van der Waals surface area contributed by atoms with E-state index in [0.717, 1.165) is 12.7 Å². The van der Waals surface area contributed by atoms with E-state index in [-0.39, 0.29) is 13.2 Å². The van der Waals surface area contributed by atoms with Crippen molar-refractivity contribution in [2.75, 3.05) is 13.7 Å². The number of carbonyl (C=O) groups is 2. The second-order valence-electron chi connectivity index (χ2n) is 3.48. The fraction of sp³-hybridized carbons (Fsp3) is 0.333. The van der Waals surface area contributed by atoms with E-state index in [2.05, 4.69) is 10.1 Å². The van der Waals surface area contributed by atoms with Crippen LogP contribution in [0.3, 0.4) is 0 Å². The molecule has 1 atom stereocenters. The van der Waals surface area contributed by atoms with Gasteiger partial charge in [-0.25, -0.2) is 9.59 Å². The molecule has 1 aromatic rings. The number of aliphatic hydroxyl groups is 1. The van der Waals surface area contributed by atoms with E-state index in [1.54, 1.807) is 0 Å². The van der Waals surface area contributed by atoms with Crippen LogP contribution in [-0.4, -0.2) is 36.9 Å². The smallest absolute Gasteiger partial charge is 0.407 e. The number of nitrogens with one attached hydrogen (secondary N) is 1.